The van der Waals surface area contributed by atoms with Crippen LogP contribution in [0.15, 0.2) is 48.6 Å². The molecule has 5 aliphatic rings. The third kappa shape index (κ3) is 3.67. The lowest BCUT2D eigenvalue weighted by Crippen LogP contribution is -2.59. The van der Waals surface area contributed by atoms with Gasteiger partial charge in [-0.25, -0.2) is 0 Å². The van der Waals surface area contributed by atoms with Crippen molar-refractivity contribution in [1.82, 2.24) is 9.80 Å². The summed E-state index contributed by atoms with van der Waals surface area (Å²) < 4.78 is 16.7. The largest absolute Gasteiger partial charge is 0.497 e. The van der Waals surface area contributed by atoms with Crippen LogP contribution in [0.3, 0.4) is 0 Å². The Hall–Kier alpha value is -3.81. The number of rotatable bonds is 4. The number of carbonyl (C=O) groups excluding carboxylic acids is 3. The first kappa shape index (κ1) is 24.2. The lowest BCUT2D eigenvalue weighted by atomic mass is 9.63. The molecule has 7 rings (SSSR count). The maximum absolute atomic E-state index is 14.5. The smallest absolute Gasteiger partial charge is 0.247 e. The summed E-state index contributed by atoms with van der Waals surface area (Å²) in [6, 6.07) is 10.4. The van der Waals surface area contributed by atoms with Gasteiger partial charge in [0, 0.05) is 19.0 Å². The van der Waals surface area contributed by atoms with Gasteiger partial charge in [0.05, 0.1) is 25.0 Å². The average Bonchev–Trinajstić information content (AvgIpc) is 3.52. The highest BCUT2D eigenvalue weighted by atomic mass is 16.7. The summed E-state index contributed by atoms with van der Waals surface area (Å²) in [5.41, 5.74) is 1.92. The summed E-state index contributed by atoms with van der Waals surface area (Å²) in [6.07, 6.45) is 9.11. The van der Waals surface area contributed by atoms with Crippen molar-refractivity contribution in [3.8, 4) is 17.2 Å². The van der Waals surface area contributed by atoms with E-state index in [1.165, 1.54) is 0 Å². The van der Waals surface area contributed by atoms with E-state index in [1.54, 1.807) is 18.1 Å². The van der Waals surface area contributed by atoms with Gasteiger partial charge in [0.15, 0.2) is 17.3 Å². The second-order valence-electron chi connectivity index (χ2n) is 11.3. The molecular formula is C31H32N2O6. The number of hydrogen-bond donors (Lipinski definition) is 0. The Kier molecular flexibility index (Phi) is 5.68. The molecule has 202 valence electrons. The van der Waals surface area contributed by atoms with Gasteiger partial charge in [0.25, 0.3) is 0 Å². The number of ketones is 1. The highest BCUT2D eigenvalue weighted by molar-refractivity contribution is 5.99. The summed E-state index contributed by atoms with van der Waals surface area (Å²) in [6.45, 7) is 0.436. The molecule has 0 aromatic heterocycles. The van der Waals surface area contributed by atoms with Crippen LogP contribution >= 0.6 is 0 Å². The second-order valence-corrected chi connectivity index (χ2v) is 11.3. The predicted molar refractivity (Wildman–Crippen MR) is 142 cm³/mol. The second kappa shape index (κ2) is 9.14. The fraction of sp³-hybridized carbons (Fsp3) is 0.452. The van der Waals surface area contributed by atoms with E-state index in [0.29, 0.717) is 18.0 Å². The molecule has 3 atom stereocenters. The monoisotopic (exact) mass is 528 g/mol. The van der Waals surface area contributed by atoms with Gasteiger partial charge in [-0.2, -0.15) is 0 Å². The number of carbonyl (C=O) groups is 3. The lowest BCUT2D eigenvalue weighted by Gasteiger charge is -2.48. The normalized spacial score (nSPS) is 27.3. The molecule has 2 amide bonds. The molecule has 2 aliphatic carbocycles. The van der Waals surface area contributed by atoms with Gasteiger partial charge in [-0.15, -0.1) is 0 Å². The van der Waals surface area contributed by atoms with Gasteiger partial charge in [0.2, 0.25) is 18.6 Å². The number of methoxy groups -OCH3 is 1. The molecular weight excluding hydrogens is 496 g/mol. The standard InChI is InChI=1S/C31H32N2O6/c1-37-23-9-7-19(8-10-23)13-28(35)32-17-20-14-25-26(39-18-38-25)16-24(20)31-12-11-22(34)15-27(31)33(30(36)29(31)32)21-5-3-2-4-6-21/h7-12,14,16,21,27,29H,2-6,13,15,17-18H2,1H3/t27-,29+,31?/m0/s1. The molecule has 0 radical (unpaired) electrons. The Morgan fingerprint density at radius 1 is 1.05 bits per heavy atom. The van der Waals surface area contributed by atoms with Crippen molar-refractivity contribution in [2.45, 2.75) is 75.0 Å². The molecule has 3 heterocycles. The van der Waals surface area contributed by atoms with Gasteiger partial charge in [-0.05, 0) is 59.9 Å². The lowest BCUT2D eigenvalue weighted by molar-refractivity contribution is -0.145. The van der Waals surface area contributed by atoms with E-state index in [2.05, 4.69) is 0 Å². The summed E-state index contributed by atoms with van der Waals surface area (Å²) in [4.78, 5) is 45.2. The molecule has 1 saturated carbocycles. The Balaban J connectivity index is 1.36. The molecule has 2 fully saturated rings. The van der Waals surface area contributed by atoms with Crippen molar-refractivity contribution in [3.05, 3.63) is 65.2 Å². The topological polar surface area (TPSA) is 85.4 Å². The molecule has 2 aromatic carbocycles. The van der Waals surface area contributed by atoms with Crippen LogP contribution in [-0.2, 0) is 32.8 Å². The zero-order chi connectivity index (χ0) is 26.7. The minimum absolute atomic E-state index is 0.0175. The van der Waals surface area contributed by atoms with Gasteiger partial charge >= 0.3 is 0 Å². The van der Waals surface area contributed by atoms with Crippen molar-refractivity contribution in [1.29, 1.82) is 0 Å². The number of amides is 2. The third-order valence-corrected chi connectivity index (χ3v) is 9.29. The summed E-state index contributed by atoms with van der Waals surface area (Å²) in [5.74, 6) is 1.87. The number of fused-ring (bicyclic) bond motifs is 2. The van der Waals surface area contributed by atoms with Crippen LogP contribution in [0.4, 0.5) is 0 Å². The molecule has 1 unspecified atom stereocenters. The molecule has 39 heavy (non-hydrogen) atoms. The number of hydrogen-bond acceptors (Lipinski definition) is 6. The number of nitrogens with zero attached hydrogens (tertiary/aromatic N) is 2. The van der Waals surface area contributed by atoms with E-state index < -0.39 is 11.5 Å². The van der Waals surface area contributed by atoms with Crippen LogP contribution in [0.5, 0.6) is 17.2 Å². The van der Waals surface area contributed by atoms with Crippen molar-refractivity contribution in [3.63, 3.8) is 0 Å². The number of benzene rings is 2. The van der Waals surface area contributed by atoms with Crippen LogP contribution in [0.1, 0.15) is 55.2 Å². The zero-order valence-electron chi connectivity index (χ0n) is 22.1. The fourth-order valence-electron chi connectivity index (χ4n) is 7.52. The van der Waals surface area contributed by atoms with Crippen LogP contribution in [-0.4, -0.2) is 59.4 Å². The van der Waals surface area contributed by atoms with Crippen molar-refractivity contribution in [2.24, 2.45) is 0 Å². The van der Waals surface area contributed by atoms with E-state index in [4.69, 9.17) is 14.2 Å². The highest BCUT2D eigenvalue weighted by Gasteiger charge is 2.66. The van der Waals surface area contributed by atoms with Crippen molar-refractivity contribution in [2.75, 3.05) is 13.9 Å². The first-order valence-electron chi connectivity index (χ1n) is 13.9. The number of allylic oxidation sites excluding steroid dienone is 1. The van der Waals surface area contributed by atoms with Gasteiger partial charge in [-0.3, -0.25) is 14.4 Å². The molecule has 3 aliphatic heterocycles. The first-order chi connectivity index (χ1) is 19.0. The molecule has 8 nitrogen and oxygen atoms in total. The maximum atomic E-state index is 14.5. The Morgan fingerprint density at radius 2 is 1.79 bits per heavy atom. The molecule has 1 saturated heterocycles. The molecule has 8 heteroatoms. The van der Waals surface area contributed by atoms with E-state index in [1.807, 2.05) is 47.4 Å². The molecule has 0 bridgehead atoms. The third-order valence-electron chi connectivity index (χ3n) is 9.29. The van der Waals surface area contributed by atoms with E-state index in [0.717, 1.165) is 54.5 Å². The number of ether oxygens (including phenoxy) is 3. The zero-order valence-corrected chi connectivity index (χ0v) is 22.1. The number of likely N-dealkylation sites (tertiary alicyclic amines) is 1. The quantitative estimate of drug-likeness (QED) is 0.602. The Bertz CT molecular complexity index is 1380. The minimum atomic E-state index is -0.827. The highest BCUT2D eigenvalue weighted by Crippen LogP contribution is 2.55. The van der Waals surface area contributed by atoms with Crippen molar-refractivity contribution < 1.29 is 28.6 Å². The SMILES string of the molecule is COc1ccc(CC(=O)N2Cc3cc4c(cc3C35C=CC(=O)C[C@@H]3N(C3CCCCC3)C(=O)[C@@H]25)OCO4)cc1. The Morgan fingerprint density at radius 3 is 2.54 bits per heavy atom. The van der Waals surface area contributed by atoms with E-state index >= 15 is 0 Å². The van der Waals surface area contributed by atoms with Crippen LogP contribution in [0.25, 0.3) is 0 Å². The van der Waals surface area contributed by atoms with Crippen LogP contribution in [0, 0.1) is 0 Å². The van der Waals surface area contributed by atoms with E-state index in [-0.39, 0.29) is 49.3 Å². The fourth-order valence-corrected chi connectivity index (χ4v) is 7.52. The summed E-state index contributed by atoms with van der Waals surface area (Å²) in [5, 5.41) is 0. The van der Waals surface area contributed by atoms with Crippen LogP contribution < -0.4 is 14.2 Å². The molecule has 1 spiro atoms. The Labute approximate surface area is 227 Å². The average molecular weight is 529 g/mol. The van der Waals surface area contributed by atoms with Gasteiger partial charge in [-0.1, -0.05) is 37.5 Å². The minimum Gasteiger partial charge on any atom is -0.497 e. The van der Waals surface area contributed by atoms with Crippen LogP contribution in [0.2, 0.25) is 0 Å². The predicted octanol–water partition coefficient (Wildman–Crippen LogP) is 3.69. The summed E-state index contributed by atoms with van der Waals surface area (Å²) >= 11 is 0. The van der Waals surface area contributed by atoms with Gasteiger partial charge in [0.1, 0.15) is 11.8 Å². The molecule has 2 aromatic rings. The van der Waals surface area contributed by atoms with Gasteiger partial charge < -0.3 is 24.0 Å². The molecule has 0 N–H and O–H groups in total. The maximum Gasteiger partial charge on any atom is 0.247 e. The van der Waals surface area contributed by atoms with Crippen molar-refractivity contribution >= 4 is 17.6 Å². The summed E-state index contributed by atoms with van der Waals surface area (Å²) in [7, 11) is 1.61. The van der Waals surface area contributed by atoms with E-state index in [9.17, 15) is 14.4 Å². The first-order valence-corrected chi connectivity index (χ1v) is 13.9.